The molecule has 0 saturated carbocycles. The summed E-state index contributed by atoms with van der Waals surface area (Å²) in [6.45, 7) is 1.35. The van der Waals surface area contributed by atoms with Gasteiger partial charge in [0, 0.05) is 23.4 Å². The Bertz CT molecular complexity index is 424. The molecule has 5 heteroatoms. The maximum absolute atomic E-state index is 12.1. The number of rotatable bonds is 6. The highest BCUT2D eigenvalue weighted by atomic mass is 79.9. The molecule has 112 valence electrons. The summed E-state index contributed by atoms with van der Waals surface area (Å²) in [7, 11) is 1.69. The summed E-state index contributed by atoms with van der Waals surface area (Å²) in [5.41, 5.74) is 1.40. The van der Waals surface area contributed by atoms with Crippen LogP contribution in [0.4, 0.5) is 0 Å². The summed E-state index contributed by atoms with van der Waals surface area (Å²) in [5, 5.41) is 3.00. The molecular weight excluding hydrogens is 338 g/mol. The first-order valence-electron chi connectivity index (χ1n) is 7.23. The van der Waals surface area contributed by atoms with Crippen molar-refractivity contribution in [3.05, 3.63) is 21.4 Å². The lowest BCUT2D eigenvalue weighted by Gasteiger charge is -2.08. The third kappa shape index (κ3) is 4.57. The molecule has 0 radical (unpaired) electrons. The summed E-state index contributed by atoms with van der Waals surface area (Å²) >= 11 is 5.20. The SMILES string of the molecule is COCC(Br)CCNC(=O)c1cc2c(s1)CCCCC2. The van der Waals surface area contributed by atoms with E-state index >= 15 is 0 Å². The number of hydrogen-bond acceptors (Lipinski definition) is 3. The molecule has 1 aliphatic carbocycles. The van der Waals surface area contributed by atoms with Crippen molar-refractivity contribution in [2.75, 3.05) is 20.3 Å². The molecule has 1 aromatic rings. The van der Waals surface area contributed by atoms with Crippen LogP contribution in [-0.2, 0) is 17.6 Å². The van der Waals surface area contributed by atoms with Crippen LogP contribution in [0.5, 0.6) is 0 Å². The van der Waals surface area contributed by atoms with Crippen LogP contribution in [0.3, 0.4) is 0 Å². The van der Waals surface area contributed by atoms with Gasteiger partial charge in [0.15, 0.2) is 0 Å². The van der Waals surface area contributed by atoms with Crippen LogP contribution in [0.25, 0.3) is 0 Å². The average molecular weight is 360 g/mol. The van der Waals surface area contributed by atoms with Crippen LogP contribution in [0.2, 0.25) is 0 Å². The molecule has 1 N–H and O–H groups in total. The first-order valence-corrected chi connectivity index (χ1v) is 8.96. The molecule has 0 fully saturated rings. The van der Waals surface area contributed by atoms with Crippen molar-refractivity contribution in [2.45, 2.75) is 43.4 Å². The van der Waals surface area contributed by atoms with Crippen molar-refractivity contribution in [3.63, 3.8) is 0 Å². The van der Waals surface area contributed by atoms with Gasteiger partial charge in [-0.3, -0.25) is 4.79 Å². The number of ether oxygens (including phenoxy) is 1. The summed E-state index contributed by atoms with van der Waals surface area (Å²) in [6.07, 6.45) is 6.99. The molecule has 3 nitrogen and oxygen atoms in total. The minimum Gasteiger partial charge on any atom is -0.384 e. The van der Waals surface area contributed by atoms with Crippen LogP contribution in [0.1, 0.15) is 45.8 Å². The molecule has 20 heavy (non-hydrogen) atoms. The Balaban J connectivity index is 1.83. The van der Waals surface area contributed by atoms with Crippen LogP contribution in [-0.4, -0.2) is 31.0 Å². The fraction of sp³-hybridized carbons (Fsp3) is 0.667. The van der Waals surface area contributed by atoms with Crippen LogP contribution < -0.4 is 5.32 Å². The lowest BCUT2D eigenvalue weighted by atomic mass is 10.1. The number of thiophene rings is 1. The van der Waals surface area contributed by atoms with Crippen molar-refractivity contribution in [1.82, 2.24) is 5.32 Å². The van der Waals surface area contributed by atoms with Crippen molar-refractivity contribution >= 4 is 33.2 Å². The predicted octanol–water partition coefficient (Wildman–Crippen LogP) is 3.55. The van der Waals surface area contributed by atoms with Gasteiger partial charge in [-0.05, 0) is 43.7 Å². The zero-order chi connectivity index (χ0) is 14.4. The molecule has 1 heterocycles. The standard InChI is InChI=1S/C15H22BrNO2S/c1-19-10-12(16)7-8-17-15(18)14-9-11-5-3-2-4-6-13(11)20-14/h9,12H,2-8,10H2,1H3,(H,17,18). The number of fused-ring (bicyclic) bond motifs is 1. The second-order valence-corrected chi connectivity index (χ2v) is 7.65. The number of carbonyl (C=O) groups excluding carboxylic acids is 1. The molecule has 1 unspecified atom stereocenters. The Kier molecular flexibility index (Phi) is 6.52. The van der Waals surface area contributed by atoms with E-state index in [1.165, 1.54) is 29.7 Å². The fourth-order valence-electron chi connectivity index (χ4n) is 2.47. The third-order valence-electron chi connectivity index (χ3n) is 3.56. The lowest BCUT2D eigenvalue weighted by Crippen LogP contribution is -2.26. The number of alkyl halides is 1. The summed E-state index contributed by atoms with van der Waals surface area (Å²) in [4.78, 5) is 14.7. The second kappa shape index (κ2) is 8.15. The predicted molar refractivity (Wildman–Crippen MR) is 87.1 cm³/mol. The van der Waals surface area contributed by atoms with E-state index in [1.54, 1.807) is 18.4 Å². The molecule has 2 rings (SSSR count). The third-order valence-corrected chi connectivity index (χ3v) is 5.52. The highest BCUT2D eigenvalue weighted by Gasteiger charge is 2.16. The lowest BCUT2D eigenvalue weighted by molar-refractivity contribution is 0.0956. The van der Waals surface area contributed by atoms with Gasteiger partial charge in [0.2, 0.25) is 0 Å². The van der Waals surface area contributed by atoms with E-state index in [0.29, 0.717) is 18.0 Å². The molecule has 1 aliphatic rings. The van der Waals surface area contributed by atoms with E-state index in [1.807, 2.05) is 0 Å². The molecule has 0 aromatic carbocycles. The number of amides is 1. The van der Waals surface area contributed by atoms with E-state index in [0.717, 1.165) is 24.1 Å². The molecule has 0 aliphatic heterocycles. The summed E-state index contributed by atoms with van der Waals surface area (Å²) in [6, 6.07) is 2.10. The van der Waals surface area contributed by atoms with Crippen molar-refractivity contribution < 1.29 is 9.53 Å². The number of halogens is 1. The quantitative estimate of drug-likeness (QED) is 0.622. The highest BCUT2D eigenvalue weighted by molar-refractivity contribution is 9.09. The number of carbonyl (C=O) groups is 1. The first kappa shape index (κ1) is 16.0. The van der Waals surface area contributed by atoms with Gasteiger partial charge in [0.05, 0.1) is 11.5 Å². The van der Waals surface area contributed by atoms with Crippen LogP contribution in [0.15, 0.2) is 6.07 Å². The fourth-order valence-corrected chi connectivity index (χ4v) is 4.14. The number of aryl methyl sites for hydroxylation is 2. The van der Waals surface area contributed by atoms with Crippen LogP contribution >= 0.6 is 27.3 Å². The van der Waals surface area contributed by atoms with E-state index in [4.69, 9.17) is 4.74 Å². The molecule has 0 spiro atoms. The minimum atomic E-state index is 0.0696. The zero-order valence-corrected chi connectivity index (χ0v) is 14.3. The molecule has 0 bridgehead atoms. The normalized spacial score (nSPS) is 16.3. The number of methoxy groups -OCH3 is 1. The molecule has 1 amide bonds. The Morgan fingerprint density at radius 1 is 1.45 bits per heavy atom. The summed E-state index contributed by atoms with van der Waals surface area (Å²) < 4.78 is 5.06. The monoisotopic (exact) mass is 359 g/mol. The Hall–Kier alpha value is -0.390. The maximum Gasteiger partial charge on any atom is 0.261 e. The van der Waals surface area contributed by atoms with Gasteiger partial charge in [-0.1, -0.05) is 22.4 Å². The topological polar surface area (TPSA) is 38.3 Å². The number of hydrogen-bond donors (Lipinski definition) is 1. The minimum absolute atomic E-state index is 0.0696. The van der Waals surface area contributed by atoms with Crippen LogP contribution in [0, 0.1) is 0 Å². The Morgan fingerprint density at radius 3 is 3.05 bits per heavy atom. The van der Waals surface area contributed by atoms with Gasteiger partial charge in [-0.25, -0.2) is 0 Å². The van der Waals surface area contributed by atoms with E-state index < -0.39 is 0 Å². The maximum atomic E-state index is 12.1. The summed E-state index contributed by atoms with van der Waals surface area (Å²) in [5.74, 6) is 0.0696. The van der Waals surface area contributed by atoms with Gasteiger partial charge >= 0.3 is 0 Å². The van der Waals surface area contributed by atoms with E-state index in [9.17, 15) is 4.79 Å². The van der Waals surface area contributed by atoms with Crippen molar-refractivity contribution in [1.29, 1.82) is 0 Å². The Morgan fingerprint density at radius 2 is 2.25 bits per heavy atom. The van der Waals surface area contributed by atoms with Gasteiger partial charge < -0.3 is 10.1 Å². The van der Waals surface area contributed by atoms with E-state index in [-0.39, 0.29) is 5.91 Å². The molecule has 1 atom stereocenters. The smallest absolute Gasteiger partial charge is 0.261 e. The first-order chi connectivity index (χ1) is 9.70. The van der Waals surface area contributed by atoms with Crippen molar-refractivity contribution in [3.8, 4) is 0 Å². The highest BCUT2D eigenvalue weighted by Crippen LogP contribution is 2.28. The zero-order valence-electron chi connectivity index (χ0n) is 11.9. The van der Waals surface area contributed by atoms with Gasteiger partial charge in [0.25, 0.3) is 5.91 Å². The molecular formula is C15H22BrNO2S. The average Bonchev–Trinajstić information content (AvgIpc) is 2.70. The van der Waals surface area contributed by atoms with Gasteiger partial charge in [-0.15, -0.1) is 11.3 Å². The largest absolute Gasteiger partial charge is 0.384 e. The number of nitrogens with one attached hydrogen (secondary N) is 1. The van der Waals surface area contributed by atoms with Crippen molar-refractivity contribution in [2.24, 2.45) is 0 Å². The van der Waals surface area contributed by atoms with E-state index in [2.05, 4.69) is 27.3 Å². The molecule has 1 aromatic heterocycles. The molecule has 0 saturated heterocycles. The van der Waals surface area contributed by atoms with Gasteiger partial charge in [-0.2, -0.15) is 0 Å². The Labute approximate surface area is 133 Å². The van der Waals surface area contributed by atoms with Gasteiger partial charge in [0.1, 0.15) is 0 Å². The second-order valence-electron chi connectivity index (χ2n) is 5.22.